The Morgan fingerprint density at radius 1 is 1.29 bits per heavy atom. The fourth-order valence-corrected chi connectivity index (χ4v) is 2.07. The van der Waals surface area contributed by atoms with E-state index in [-0.39, 0.29) is 11.9 Å². The van der Waals surface area contributed by atoms with Crippen molar-refractivity contribution < 1.29 is 4.79 Å². The van der Waals surface area contributed by atoms with Gasteiger partial charge in [0.25, 0.3) is 0 Å². The van der Waals surface area contributed by atoms with Gasteiger partial charge >= 0.3 is 0 Å². The molecule has 1 aliphatic rings. The van der Waals surface area contributed by atoms with E-state index in [4.69, 9.17) is 5.73 Å². The van der Waals surface area contributed by atoms with E-state index in [0.29, 0.717) is 0 Å². The Morgan fingerprint density at radius 2 is 1.79 bits per heavy atom. The predicted octanol–water partition coefficient (Wildman–Crippen LogP) is 1.23. The summed E-state index contributed by atoms with van der Waals surface area (Å²) >= 11 is 0. The topological polar surface area (TPSA) is 46.3 Å². The van der Waals surface area contributed by atoms with Crippen molar-refractivity contribution in [3.63, 3.8) is 0 Å². The average Bonchev–Trinajstić information content (AvgIpc) is 2.16. The molecule has 0 aliphatic carbocycles. The number of rotatable bonds is 2. The first kappa shape index (κ1) is 11.5. The molecule has 0 saturated carbocycles. The molecule has 1 amide bonds. The zero-order chi connectivity index (χ0) is 10.7. The van der Waals surface area contributed by atoms with E-state index < -0.39 is 0 Å². The maximum Gasteiger partial charge on any atom is 0.239 e. The number of hydrogen-bond acceptors (Lipinski definition) is 2. The first-order valence-corrected chi connectivity index (χ1v) is 5.56. The minimum atomic E-state index is -0.342. The van der Waals surface area contributed by atoms with Crippen LogP contribution in [0.1, 0.15) is 33.6 Å². The van der Waals surface area contributed by atoms with E-state index in [0.717, 1.165) is 37.8 Å². The maximum atomic E-state index is 11.6. The van der Waals surface area contributed by atoms with E-state index >= 15 is 0 Å². The van der Waals surface area contributed by atoms with Gasteiger partial charge < -0.3 is 10.6 Å². The summed E-state index contributed by atoms with van der Waals surface area (Å²) in [4.78, 5) is 13.5. The van der Waals surface area contributed by atoms with Crippen molar-refractivity contribution in [2.24, 2.45) is 17.6 Å². The second-order valence-electron chi connectivity index (χ2n) is 4.70. The summed E-state index contributed by atoms with van der Waals surface area (Å²) in [6.45, 7) is 8.06. The van der Waals surface area contributed by atoms with Crippen molar-refractivity contribution in [3.05, 3.63) is 0 Å². The molecule has 1 rings (SSSR count). The predicted molar refractivity (Wildman–Crippen MR) is 57.8 cm³/mol. The van der Waals surface area contributed by atoms with Gasteiger partial charge in [0, 0.05) is 13.1 Å². The molecule has 0 radical (unpaired) electrons. The fraction of sp³-hybridized carbons (Fsp3) is 0.909. The molecule has 1 unspecified atom stereocenters. The molecular formula is C11H22N2O. The van der Waals surface area contributed by atoms with E-state index in [1.54, 1.807) is 6.92 Å². The van der Waals surface area contributed by atoms with Gasteiger partial charge in [-0.1, -0.05) is 13.8 Å². The maximum absolute atomic E-state index is 11.6. The largest absolute Gasteiger partial charge is 0.341 e. The van der Waals surface area contributed by atoms with Gasteiger partial charge in [-0.2, -0.15) is 0 Å². The average molecular weight is 198 g/mol. The van der Waals surface area contributed by atoms with Gasteiger partial charge in [0.15, 0.2) is 0 Å². The first-order valence-electron chi connectivity index (χ1n) is 5.56. The molecule has 0 bridgehead atoms. The van der Waals surface area contributed by atoms with E-state index in [1.165, 1.54) is 0 Å². The Hall–Kier alpha value is -0.570. The summed E-state index contributed by atoms with van der Waals surface area (Å²) in [5.74, 6) is 1.63. The van der Waals surface area contributed by atoms with E-state index in [9.17, 15) is 4.79 Å². The van der Waals surface area contributed by atoms with Crippen LogP contribution in [0.15, 0.2) is 0 Å². The van der Waals surface area contributed by atoms with Gasteiger partial charge in [0.1, 0.15) is 0 Å². The lowest BCUT2D eigenvalue weighted by Crippen LogP contribution is -2.46. The lowest BCUT2D eigenvalue weighted by molar-refractivity contribution is -0.133. The Balaban J connectivity index is 2.39. The van der Waals surface area contributed by atoms with Crippen LogP contribution < -0.4 is 5.73 Å². The lowest BCUT2D eigenvalue weighted by atomic mass is 9.86. The molecular weight excluding hydrogens is 176 g/mol. The Kier molecular flexibility index (Phi) is 3.93. The summed E-state index contributed by atoms with van der Waals surface area (Å²) < 4.78 is 0. The highest BCUT2D eigenvalue weighted by molar-refractivity contribution is 5.81. The highest BCUT2D eigenvalue weighted by Crippen LogP contribution is 2.24. The second kappa shape index (κ2) is 4.78. The van der Waals surface area contributed by atoms with Gasteiger partial charge in [0.2, 0.25) is 5.91 Å². The van der Waals surface area contributed by atoms with E-state index in [2.05, 4.69) is 13.8 Å². The monoisotopic (exact) mass is 198 g/mol. The summed E-state index contributed by atoms with van der Waals surface area (Å²) in [5.41, 5.74) is 5.57. The van der Waals surface area contributed by atoms with Crippen LogP contribution >= 0.6 is 0 Å². The quantitative estimate of drug-likeness (QED) is 0.725. The molecule has 0 aromatic rings. The van der Waals surface area contributed by atoms with Crippen LogP contribution in [0.25, 0.3) is 0 Å². The summed E-state index contributed by atoms with van der Waals surface area (Å²) in [7, 11) is 0. The van der Waals surface area contributed by atoms with Crippen LogP contribution in [0.4, 0.5) is 0 Å². The molecule has 14 heavy (non-hydrogen) atoms. The van der Waals surface area contributed by atoms with Crippen LogP contribution in [-0.4, -0.2) is 29.9 Å². The van der Waals surface area contributed by atoms with Crippen LogP contribution in [0.3, 0.4) is 0 Å². The molecule has 3 nitrogen and oxygen atoms in total. The van der Waals surface area contributed by atoms with Gasteiger partial charge in [0.05, 0.1) is 6.04 Å². The Bertz CT molecular complexity index is 193. The van der Waals surface area contributed by atoms with Crippen LogP contribution in [0, 0.1) is 11.8 Å². The van der Waals surface area contributed by atoms with Crippen molar-refractivity contribution in [3.8, 4) is 0 Å². The number of hydrogen-bond donors (Lipinski definition) is 1. The number of carbonyl (C=O) groups excluding carboxylic acids is 1. The molecule has 0 aromatic heterocycles. The number of nitrogens with two attached hydrogens (primary N) is 1. The van der Waals surface area contributed by atoms with E-state index in [1.807, 2.05) is 4.90 Å². The van der Waals surface area contributed by atoms with Crippen LogP contribution in [0.2, 0.25) is 0 Å². The molecule has 1 aliphatic heterocycles. The molecule has 1 heterocycles. The SMILES string of the molecule is CC(N)C(=O)N1CCC(C(C)C)CC1. The number of carbonyl (C=O) groups is 1. The van der Waals surface area contributed by atoms with Crippen molar-refractivity contribution in [1.29, 1.82) is 0 Å². The van der Waals surface area contributed by atoms with Gasteiger partial charge in [-0.05, 0) is 31.6 Å². The van der Waals surface area contributed by atoms with Gasteiger partial charge in [-0.25, -0.2) is 0 Å². The highest BCUT2D eigenvalue weighted by Gasteiger charge is 2.25. The summed E-state index contributed by atoms with van der Waals surface area (Å²) in [6.07, 6.45) is 2.27. The smallest absolute Gasteiger partial charge is 0.239 e. The third kappa shape index (κ3) is 2.71. The molecule has 82 valence electrons. The highest BCUT2D eigenvalue weighted by atomic mass is 16.2. The number of likely N-dealkylation sites (tertiary alicyclic amines) is 1. The summed E-state index contributed by atoms with van der Waals surface area (Å²) in [6, 6.07) is -0.342. The molecule has 1 fully saturated rings. The summed E-state index contributed by atoms with van der Waals surface area (Å²) in [5, 5.41) is 0. The number of nitrogens with zero attached hydrogens (tertiary/aromatic N) is 1. The first-order chi connectivity index (χ1) is 6.52. The van der Waals surface area contributed by atoms with Crippen molar-refractivity contribution in [2.45, 2.75) is 39.7 Å². The number of amides is 1. The normalized spacial score (nSPS) is 21.4. The molecule has 0 spiro atoms. The lowest BCUT2D eigenvalue weighted by Gasteiger charge is -2.34. The Morgan fingerprint density at radius 3 is 2.14 bits per heavy atom. The zero-order valence-electron chi connectivity index (χ0n) is 9.49. The minimum absolute atomic E-state index is 0.104. The van der Waals surface area contributed by atoms with Gasteiger partial charge in [-0.15, -0.1) is 0 Å². The molecule has 1 saturated heterocycles. The van der Waals surface area contributed by atoms with Crippen LogP contribution in [0.5, 0.6) is 0 Å². The van der Waals surface area contributed by atoms with Crippen molar-refractivity contribution in [2.75, 3.05) is 13.1 Å². The Labute approximate surface area is 86.6 Å². The minimum Gasteiger partial charge on any atom is -0.341 e. The molecule has 2 N–H and O–H groups in total. The van der Waals surface area contributed by atoms with Crippen molar-refractivity contribution in [1.82, 2.24) is 4.90 Å². The molecule has 0 aromatic carbocycles. The second-order valence-corrected chi connectivity index (χ2v) is 4.70. The third-order valence-corrected chi connectivity index (χ3v) is 3.18. The standard InChI is InChI=1S/C11H22N2O/c1-8(2)10-4-6-13(7-5-10)11(14)9(3)12/h8-10H,4-7,12H2,1-3H3. The molecule has 3 heteroatoms. The van der Waals surface area contributed by atoms with Crippen molar-refractivity contribution >= 4 is 5.91 Å². The molecule has 1 atom stereocenters. The third-order valence-electron chi connectivity index (χ3n) is 3.18. The van der Waals surface area contributed by atoms with Crippen LogP contribution in [-0.2, 0) is 4.79 Å². The zero-order valence-corrected chi connectivity index (χ0v) is 9.49. The fourth-order valence-electron chi connectivity index (χ4n) is 2.07. The number of piperidine rings is 1. The van der Waals surface area contributed by atoms with Gasteiger partial charge in [-0.3, -0.25) is 4.79 Å².